The minimum Gasteiger partial charge on any atom is -0.340 e. The Bertz CT molecular complexity index is 335. The number of ether oxygens (including phenoxy) is 2. The maximum absolute atomic E-state index is 6.09. The lowest BCUT2D eigenvalue weighted by Gasteiger charge is -2.32. The summed E-state index contributed by atoms with van der Waals surface area (Å²) >= 11 is 0. The molecule has 0 saturated carbocycles. The largest absolute Gasteiger partial charge is 0.340 e. The molecular formula is C14H20O2. The highest BCUT2D eigenvalue weighted by molar-refractivity contribution is 5.22. The standard InChI is InChI=1S/C14H20O2/c1-10(2)14(13-8-6-5-7-9-13)15-11(3)12(4)16-14/h5-12H,1-4H3. The summed E-state index contributed by atoms with van der Waals surface area (Å²) in [5.41, 5.74) is 1.11. The first-order valence-corrected chi connectivity index (χ1v) is 5.97. The van der Waals surface area contributed by atoms with Crippen molar-refractivity contribution in [2.24, 2.45) is 5.92 Å². The van der Waals surface area contributed by atoms with E-state index in [9.17, 15) is 0 Å². The SMILES string of the molecule is CC1OC(c2ccccc2)(C(C)C)OC1C. The van der Waals surface area contributed by atoms with E-state index in [4.69, 9.17) is 9.47 Å². The molecule has 0 aromatic heterocycles. The van der Waals surface area contributed by atoms with Gasteiger partial charge in [0.15, 0.2) is 5.79 Å². The maximum atomic E-state index is 6.09. The molecule has 16 heavy (non-hydrogen) atoms. The zero-order chi connectivity index (χ0) is 11.8. The van der Waals surface area contributed by atoms with Crippen LogP contribution in [0.15, 0.2) is 30.3 Å². The third-order valence-corrected chi connectivity index (χ3v) is 3.32. The minimum absolute atomic E-state index is 0.141. The summed E-state index contributed by atoms with van der Waals surface area (Å²) in [6.45, 7) is 8.41. The second-order valence-corrected chi connectivity index (χ2v) is 4.83. The van der Waals surface area contributed by atoms with Gasteiger partial charge in [-0.05, 0) is 13.8 Å². The molecule has 0 bridgehead atoms. The third-order valence-electron chi connectivity index (χ3n) is 3.32. The highest BCUT2D eigenvalue weighted by Gasteiger charge is 2.47. The Balaban J connectivity index is 2.39. The van der Waals surface area contributed by atoms with Crippen LogP contribution in [-0.2, 0) is 15.3 Å². The molecule has 0 radical (unpaired) electrons. The van der Waals surface area contributed by atoms with E-state index in [2.05, 4.69) is 39.8 Å². The van der Waals surface area contributed by atoms with Crippen LogP contribution in [0.1, 0.15) is 33.3 Å². The number of hydrogen-bond acceptors (Lipinski definition) is 2. The van der Waals surface area contributed by atoms with Crippen LogP contribution in [0.2, 0.25) is 0 Å². The van der Waals surface area contributed by atoms with Crippen molar-refractivity contribution in [1.29, 1.82) is 0 Å². The molecule has 1 heterocycles. The van der Waals surface area contributed by atoms with Gasteiger partial charge in [-0.2, -0.15) is 0 Å². The van der Waals surface area contributed by atoms with Crippen LogP contribution in [0, 0.1) is 5.92 Å². The highest BCUT2D eigenvalue weighted by Crippen LogP contribution is 2.42. The molecule has 0 aliphatic carbocycles. The summed E-state index contributed by atoms with van der Waals surface area (Å²) in [5.74, 6) is -0.276. The molecule has 2 unspecified atom stereocenters. The number of rotatable bonds is 2. The lowest BCUT2D eigenvalue weighted by atomic mass is 9.94. The van der Waals surface area contributed by atoms with Crippen molar-refractivity contribution in [3.05, 3.63) is 35.9 Å². The second kappa shape index (κ2) is 4.19. The van der Waals surface area contributed by atoms with E-state index in [1.165, 1.54) is 0 Å². The van der Waals surface area contributed by atoms with E-state index in [0.29, 0.717) is 5.92 Å². The molecule has 0 N–H and O–H groups in total. The van der Waals surface area contributed by atoms with Crippen LogP contribution in [0.25, 0.3) is 0 Å². The van der Waals surface area contributed by atoms with Gasteiger partial charge in [0.05, 0.1) is 12.2 Å². The number of benzene rings is 1. The van der Waals surface area contributed by atoms with Crippen molar-refractivity contribution in [2.75, 3.05) is 0 Å². The van der Waals surface area contributed by atoms with Crippen molar-refractivity contribution in [3.8, 4) is 0 Å². The summed E-state index contributed by atoms with van der Waals surface area (Å²) < 4.78 is 12.2. The Morgan fingerprint density at radius 3 is 1.94 bits per heavy atom. The van der Waals surface area contributed by atoms with Crippen LogP contribution in [-0.4, -0.2) is 12.2 Å². The van der Waals surface area contributed by atoms with Crippen molar-refractivity contribution >= 4 is 0 Å². The van der Waals surface area contributed by atoms with Crippen LogP contribution < -0.4 is 0 Å². The van der Waals surface area contributed by atoms with Gasteiger partial charge in [-0.1, -0.05) is 44.2 Å². The zero-order valence-electron chi connectivity index (χ0n) is 10.4. The van der Waals surface area contributed by atoms with E-state index in [0.717, 1.165) is 5.56 Å². The fourth-order valence-corrected chi connectivity index (χ4v) is 2.18. The van der Waals surface area contributed by atoms with E-state index in [-0.39, 0.29) is 12.2 Å². The van der Waals surface area contributed by atoms with E-state index in [1.54, 1.807) is 0 Å². The Labute approximate surface area is 97.6 Å². The quantitative estimate of drug-likeness (QED) is 0.761. The second-order valence-electron chi connectivity index (χ2n) is 4.83. The fraction of sp³-hybridized carbons (Fsp3) is 0.571. The summed E-state index contributed by atoms with van der Waals surface area (Å²) in [5, 5.41) is 0. The number of hydrogen-bond donors (Lipinski definition) is 0. The van der Waals surface area contributed by atoms with Crippen molar-refractivity contribution < 1.29 is 9.47 Å². The van der Waals surface area contributed by atoms with Gasteiger partial charge in [-0.3, -0.25) is 0 Å². The van der Waals surface area contributed by atoms with Gasteiger partial charge in [0.1, 0.15) is 0 Å². The summed E-state index contributed by atoms with van der Waals surface area (Å²) in [7, 11) is 0. The molecular weight excluding hydrogens is 200 g/mol. The third kappa shape index (κ3) is 1.76. The van der Waals surface area contributed by atoms with Gasteiger partial charge in [0.25, 0.3) is 0 Å². The van der Waals surface area contributed by atoms with Crippen molar-refractivity contribution in [2.45, 2.75) is 45.7 Å². The molecule has 2 atom stereocenters. The normalized spacial score (nSPS) is 34.6. The molecule has 88 valence electrons. The van der Waals surface area contributed by atoms with E-state index >= 15 is 0 Å². The zero-order valence-corrected chi connectivity index (χ0v) is 10.4. The van der Waals surface area contributed by atoms with Gasteiger partial charge < -0.3 is 9.47 Å². The summed E-state index contributed by atoms with van der Waals surface area (Å²) in [6.07, 6.45) is 0.283. The average Bonchev–Trinajstić information content (AvgIpc) is 2.58. The smallest absolute Gasteiger partial charge is 0.197 e. The molecule has 0 amide bonds. The fourth-order valence-electron chi connectivity index (χ4n) is 2.18. The van der Waals surface area contributed by atoms with Crippen molar-refractivity contribution in [3.63, 3.8) is 0 Å². The van der Waals surface area contributed by atoms with E-state index < -0.39 is 5.79 Å². The highest BCUT2D eigenvalue weighted by atomic mass is 16.8. The molecule has 0 spiro atoms. The Kier molecular flexibility index (Phi) is 3.04. The van der Waals surface area contributed by atoms with Gasteiger partial charge in [0.2, 0.25) is 0 Å². The minimum atomic E-state index is -0.569. The topological polar surface area (TPSA) is 18.5 Å². The first-order valence-electron chi connectivity index (χ1n) is 5.97. The molecule has 1 fully saturated rings. The van der Waals surface area contributed by atoms with Gasteiger partial charge in [-0.25, -0.2) is 0 Å². The van der Waals surface area contributed by atoms with Gasteiger partial charge >= 0.3 is 0 Å². The van der Waals surface area contributed by atoms with Crippen LogP contribution in [0.5, 0.6) is 0 Å². The molecule has 2 rings (SSSR count). The average molecular weight is 220 g/mol. The Hall–Kier alpha value is -0.860. The molecule has 2 nitrogen and oxygen atoms in total. The Morgan fingerprint density at radius 2 is 1.50 bits per heavy atom. The van der Waals surface area contributed by atoms with Gasteiger partial charge in [-0.15, -0.1) is 0 Å². The molecule has 1 aromatic carbocycles. The first kappa shape index (κ1) is 11.6. The van der Waals surface area contributed by atoms with E-state index in [1.807, 2.05) is 18.2 Å². The van der Waals surface area contributed by atoms with Crippen LogP contribution >= 0.6 is 0 Å². The molecule has 2 heteroatoms. The van der Waals surface area contributed by atoms with Crippen molar-refractivity contribution in [1.82, 2.24) is 0 Å². The lowest BCUT2D eigenvalue weighted by Crippen LogP contribution is -2.34. The Morgan fingerprint density at radius 1 is 1.00 bits per heavy atom. The molecule has 1 aromatic rings. The van der Waals surface area contributed by atoms with Gasteiger partial charge in [0, 0.05) is 11.5 Å². The summed E-state index contributed by atoms with van der Waals surface area (Å²) in [6, 6.07) is 10.2. The van der Waals surface area contributed by atoms with Crippen LogP contribution in [0.4, 0.5) is 0 Å². The maximum Gasteiger partial charge on any atom is 0.197 e. The molecule has 1 aliphatic rings. The first-order chi connectivity index (χ1) is 7.56. The van der Waals surface area contributed by atoms with Crippen LogP contribution in [0.3, 0.4) is 0 Å². The predicted molar refractivity (Wildman–Crippen MR) is 64.1 cm³/mol. The summed E-state index contributed by atoms with van der Waals surface area (Å²) in [4.78, 5) is 0. The lowest BCUT2D eigenvalue weighted by molar-refractivity contribution is -0.212. The molecule has 1 saturated heterocycles. The monoisotopic (exact) mass is 220 g/mol. The molecule has 1 aliphatic heterocycles. The predicted octanol–water partition coefficient (Wildman–Crippen LogP) is 3.32.